The zero-order valence-corrected chi connectivity index (χ0v) is 32.9. The predicted molar refractivity (Wildman–Crippen MR) is 198 cm³/mol. The number of rotatable bonds is 15. The van der Waals surface area contributed by atoms with E-state index >= 15 is 0 Å². The molecule has 3 aliphatic rings. The van der Waals surface area contributed by atoms with Gasteiger partial charge in [0.2, 0.25) is 5.91 Å². The molecule has 3 fully saturated rings. The van der Waals surface area contributed by atoms with Crippen molar-refractivity contribution >= 4 is 34.9 Å². The van der Waals surface area contributed by atoms with Gasteiger partial charge >= 0.3 is 6.09 Å². The molecule has 48 heavy (non-hydrogen) atoms. The molecule has 0 bridgehead atoms. The van der Waals surface area contributed by atoms with Crippen LogP contribution in [0.1, 0.15) is 93.4 Å². The lowest BCUT2D eigenvalue weighted by atomic mass is 9.82. The minimum atomic E-state index is -0.602. The van der Waals surface area contributed by atoms with Crippen molar-refractivity contribution in [2.45, 2.75) is 130 Å². The molecule has 1 aliphatic carbocycles. The number of ether oxygens (including phenoxy) is 4. The number of piperazine rings is 1. The Hall–Kier alpha value is -1.25. The Labute approximate surface area is 304 Å². The molecule has 0 aromatic heterocycles. The summed E-state index contributed by atoms with van der Waals surface area (Å²) < 4.78 is 26.1. The van der Waals surface area contributed by atoms with Crippen molar-refractivity contribution in [2.24, 2.45) is 23.7 Å². The smallest absolute Gasteiger partial charge is 0.409 e. The van der Waals surface area contributed by atoms with Crippen LogP contribution in [0.2, 0.25) is 0 Å². The average Bonchev–Trinajstić information content (AvgIpc) is 3.03. The minimum absolute atomic E-state index is 0.00345. The van der Waals surface area contributed by atoms with Gasteiger partial charge in [0.1, 0.15) is 6.10 Å². The van der Waals surface area contributed by atoms with Crippen LogP contribution in [0.3, 0.4) is 0 Å². The van der Waals surface area contributed by atoms with Gasteiger partial charge in [-0.05, 0) is 103 Å². The van der Waals surface area contributed by atoms with Crippen molar-refractivity contribution in [1.29, 1.82) is 0 Å². The molecular weight excluding hydrogens is 725 g/mol. The van der Waals surface area contributed by atoms with Gasteiger partial charge in [0.15, 0.2) is 0 Å². The van der Waals surface area contributed by atoms with Crippen molar-refractivity contribution in [3.63, 3.8) is 0 Å². The summed E-state index contributed by atoms with van der Waals surface area (Å²) >= 11 is 2.29. The van der Waals surface area contributed by atoms with Crippen molar-refractivity contribution < 1.29 is 33.6 Å². The summed E-state index contributed by atoms with van der Waals surface area (Å²) in [6, 6.07) is 0. The summed E-state index contributed by atoms with van der Waals surface area (Å²) in [6.07, 6.45) is 11.4. The van der Waals surface area contributed by atoms with E-state index < -0.39 is 6.10 Å². The van der Waals surface area contributed by atoms with Gasteiger partial charge in [0.05, 0.1) is 36.6 Å². The number of hydrogen-bond acceptors (Lipinski definition) is 8. The molecule has 3 rings (SSSR count). The first-order chi connectivity index (χ1) is 22.7. The number of carbonyl (C=O) groups is 2. The maximum Gasteiger partial charge on any atom is 0.409 e. The van der Waals surface area contributed by atoms with Gasteiger partial charge in [-0.15, -0.1) is 0 Å². The summed E-state index contributed by atoms with van der Waals surface area (Å²) in [7, 11) is 1.60. The van der Waals surface area contributed by atoms with Gasteiger partial charge in [0.25, 0.3) is 0 Å². The molecule has 2 N–H and O–H groups in total. The van der Waals surface area contributed by atoms with Crippen LogP contribution < -0.4 is 5.32 Å². The number of allylic oxidation sites excluding steroid dienone is 3. The largest absolute Gasteiger partial charge is 0.449 e. The van der Waals surface area contributed by atoms with E-state index in [4.69, 9.17) is 18.9 Å². The highest BCUT2D eigenvalue weighted by atomic mass is 127. The predicted octanol–water partition coefficient (Wildman–Crippen LogP) is 6.31. The number of nitrogens with zero attached hydrogens (tertiary/aromatic N) is 2. The zero-order chi connectivity index (χ0) is 35.4. The number of carbonyl (C=O) groups excluding carboxylic acids is 2. The molecule has 2 saturated heterocycles. The van der Waals surface area contributed by atoms with Crippen LogP contribution in [-0.2, 0) is 23.7 Å². The first-order valence-corrected chi connectivity index (χ1v) is 19.1. The van der Waals surface area contributed by atoms with Crippen LogP contribution in [0.5, 0.6) is 0 Å². The van der Waals surface area contributed by atoms with Gasteiger partial charge < -0.3 is 34.3 Å². The van der Waals surface area contributed by atoms with E-state index in [0.29, 0.717) is 44.0 Å². The molecule has 1 unspecified atom stereocenters. The van der Waals surface area contributed by atoms with E-state index in [1.165, 1.54) is 5.57 Å². The summed E-state index contributed by atoms with van der Waals surface area (Å²) in [5.41, 5.74) is 0.822. The molecule has 10 nitrogen and oxygen atoms in total. The lowest BCUT2D eigenvalue weighted by Gasteiger charge is -2.36. The Morgan fingerprint density at radius 1 is 1.06 bits per heavy atom. The van der Waals surface area contributed by atoms with Crippen molar-refractivity contribution in [2.75, 3.05) is 46.4 Å². The van der Waals surface area contributed by atoms with Gasteiger partial charge in [-0.2, -0.15) is 0 Å². The maximum atomic E-state index is 13.1. The fourth-order valence-corrected chi connectivity index (χ4v) is 7.98. The van der Waals surface area contributed by atoms with Crippen molar-refractivity contribution in [3.8, 4) is 0 Å². The van der Waals surface area contributed by atoms with E-state index in [1.807, 2.05) is 6.92 Å². The summed E-state index contributed by atoms with van der Waals surface area (Å²) in [6.45, 7) is 18.5. The summed E-state index contributed by atoms with van der Waals surface area (Å²) in [5.74, 6) is 1.17. The second kappa shape index (κ2) is 20.0. The molecule has 2 amide bonds. The SMILES string of the molecule is CO[C@H](C(C)OC(C)(C)C[C@H](C)/C=C/C=C(\C)[C@H]1O[C@@H](CNC(=O)[C@H]2CC[C@H](COC(=O)N3CCN(I)CC3)CC2)CC[C@@H]1C)[C@@H](C)O. The second-order valence-electron chi connectivity index (χ2n) is 15.2. The van der Waals surface area contributed by atoms with Crippen molar-refractivity contribution in [3.05, 3.63) is 23.8 Å². The lowest BCUT2D eigenvalue weighted by molar-refractivity contribution is -0.149. The van der Waals surface area contributed by atoms with Crippen LogP contribution >= 0.6 is 22.9 Å². The highest BCUT2D eigenvalue weighted by Crippen LogP contribution is 2.31. The molecule has 0 spiro atoms. The van der Waals surface area contributed by atoms with E-state index in [1.54, 1.807) is 18.9 Å². The Morgan fingerprint density at radius 2 is 1.73 bits per heavy atom. The first kappa shape index (κ1) is 41.2. The molecule has 1 saturated carbocycles. The Morgan fingerprint density at radius 3 is 2.35 bits per heavy atom. The zero-order valence-electron chi connectivity index (χ0n) is 30.8. The molecule has 11 heteroatoms. The van der Waals surface area contributed by atoms with Crippen LogP contribution in [-0.4, -0.2) is 108 Å². The molecule has 0 aromatic rings. The quantitative estimate of drug-likeness (QED) is 0.113. The number of nitrogens with one attached hydrogen (secondary N) is 1. The standard InChI is InChI=1S/C37H64IN3O7/c1-25(22-37(6,7)48-29(5)34(45-8)28(4)42)10-9-11-26(2)33-27(3)12-17-32(47-33)23-39-35(43)31-15-13-30(14-16-31)24-46-36(44)40-18-20-41(38)21-19-40/h9-11,25,27-34,42H,12-24H2,1-8H3,(H,39,43)/b10-9+,26-11+/t25-,27+,28-,29?,30-,31-,32-,33-,34+/m1/s1. The van der Waals surface area contributed by atoms with Crippen LogP contribution in [0.4, 0.5) is 4.79 Å². The number of hydrogen-bond donors (Lipinski definition) is 2. The summed E-state index contributed by atoms with van der Waals surface area (Å²) in [5, 5.41) is 13.2. The monoisotopic (exact) mass is 789 g/mol. The fraction of sp³-hybridized carbons (Fsp3) is 0.838. The van der Waals surface area contributed by atoms with E-state index in [-0.39, 0.29) is 47.9 Å². The molecule has 2 aliphatic heterocycles. The number of aliphatic hydroxyl groups is 1. The minimum Gasteiger partial charge on any atom is -0.449 e. The molecule has 276 valence electrons. The van der Waals surface area contributed by atoms with Gasteiger partial charge in [-0.3, -0.25) is 4.79 Å². The van der Waals surface area contributed by atoms with Gasteiger partial charge in [-0.1, -0.05) is 32.1 Å². The third kappa shape index (κ3) is 13.5. The molecule has 7 atom stereocenters. The van der Waals surface area contributed by atoms with Crippen LogP contribution in [0.25, 0.3) is 0 Å². The van der Waals surface area contributed by atoms with Crippen LogP contribution in [0, 0.1) is 23.7 Å². The lowest BCUT2D eigenvalue weighted by Crippen LogP contribution is -2.46. The molecule has 2 heterocycles. The first-order valence-electron chi connectivity index (χ1n) is 18.2. The normalized spacial score (nSPS) is 28.9. The highest BCUT2D eigenvalue weighted by molar-refractivity contribution is 14.1. The fourth-order valence-electron chi connectivity index (χ4n) is 7.55. The van der Waals surface area contributed by atoms with Crippen LogP contribution in [0.15, 0.2) is 23.8 Å². The van der Waals surface area contributed by atoms with E-state index in [9.17, 15) is 14.7 Å². The molecule has 0 radical (unpaired) electrons. The molecule has 0 aromatic carbocycles. The topological polar surface area (TPSA) is 110 Å². The number of aliphatic hydroxyl groups excluding tert-OH is 1. The van der Waals surface area contributed by atoms with E-state index in [2.05, 4.69) is 84.1 Å². The third-order valence-electron chi connectivity index (χ3n) is 10.2. The van der Waals surface area contributed by atoms with Gasteiger partial charge in [-0.25, -0.2) is 7.91 Å². The highest BCUT2D eigenvalue weighted by Gasteiger charge is 2.33. The number of halogens is 1. The van der Waals surface area contributed by atoms with Crippen molar-refractivity contribution in [1.82, 2.24) is 13.3 Å². The Balaban J connectivity index is 1.38. The second-order valence-corrected chi connectivity index (χ2v) is 16.5. The number of methoxy groups -OCH3 is 1. The summed E-state index contributed by atoms with van der Waals surface area (Å²) in [4.78, 5) is 27.3. The maximum absolute atomic E-state index is 13.1. The molecular formula is C37H64IN3O7. The average molecular weight is 790 g/mol. The Bertz CT molecular complexity index is 1050. The van der Waals surface area contributed by atoms with Gasteiger partial charge in [0, 0.05) is 68.6 Å². The third-order valence-corrected chi connectivity index (χ3v) is 11.2. The van der Waals surface area contributed by atoms with E-state index in [0.717, 1.165) is 58.0 Å². The Kier molecular flexibility index (Phi) is 17.1. The number of amides is 2.